The number of hydrogen-bond donors (Lipinski definition) is 0. The minimum absolute atomic E-state index is 0.346. The quantitative estimate of drug-likeness (QED) is 0.270. The molecule has 2 heterocycles. The summed E-state index contributed by atoms with van der Waals surface area (Å²) in [5.41, 5.74) is 1.97. The van der Waals surface area contributed by atoms with Crippen LogP contribution in [0.4, 0.5) is 4.39 Å². The number of rotatable bonds is 6. The van der Waals surface area contributed by atoms with Crippen molar-refractivity contribution in [1.29, 1.82) is 0 Å². The highest BCUT2D eigenvalue weighted by molar-refractivity contribution is 9.10. The Balaban J connectivity index is 2.04. The number of fused-ring (bicyclic) bond motifs is 1. The van der Waals surface area contributed by atoms with Crippen LogP contribution in [-0.4, -0.2) is 24.2 Å². The highest BCUT2D eigenvalue weighted by Crippen LogP contribution is 2.40. The predicted molar refractivity (Wildman–Crippen MR) is 117 cm³/mol. The van der Waals surface area contributed by atoms with Gasteiger partial charge in [-0.1, -0.05) is 42.8 Å². The van der Waals surface area contributed by atoms with Crippen molar-refractivity contribution < 1.29 is 9.13 Å². The number of hydrogen-bond acceptors (Lipinski definition) is 2. The summed E-state index contributed by atoms with van der Waals surface area (Å²) < 4.78 is 22.3. The zero-order valence-electron chi connectivity index (χ0n) is 15.3. The highest BCUT2D eigenvalue weighted by Gasteiger charge is 2.19. The summed E-state index contributed by atoms with van der Waals surface area (Å²) in [6.45, 7) is 7.97. The number of halogens is 4. The van der Waals surface area contributed by atoms with Gasteiger partial charge in [-0.05, 0) is 40.2 Å². The number of pyridine rings is 1. The second-order valence-corrected chi connectivity index (χ2v) is 14.9. The van der Waals surface area contributed by atoms with Gasteiger partial charge in [-0.15, -0.1) is 0 Å². The molecule has 0 radical (unpaired) electrons. The van der Waals surface area contributed by atoms with E-state index < -0.39 is 8.07 Å². The Hall–Kier alpha value is -0.923. The van der Waals surface area contributed by atoms with Crippen LogP contribution in [0.15, 0.2) is 35.1 Å². The topological polar surface area (TPSA) is 27.1 Å². The minimum atomic E-state index is -1.16. The third-order valence-corrected chi connectivity index (χ3v) is 7.48. The third-order valence-electron chi connectivity index (χ3n) is 4.22. The highest BCUT2D eigenvalue weighted by atomic mass is 79.9. The number of aromatic nitrogens is 2. The van der Waals surface area contributed by atoms with Gasteiger partial charge in [-0.25, -0.2) is 9.37 Å². The average molecular weight is 490 g/mol. The largest absolute Gasteiger partial charge is 0.361 e. The molecule has 0 atom stereocenters. The summed E-state index contributed by atoms with van der Waals surface area (Å²) in [5.74, 6) is -0.360. The second kappa shape index (κ2) is 8.21. The first-order valence-corrected chi connectivity index (χ1v) is 13.8. The van der Waals surface area contributed by atoms with Crippen LogP contribution in [0.3, 0.4) is 0 Å². The van der Waals surface area contributed by atoms with Gasteiger partial charge in [0.05, 0.1) is 9.50 Å². The maximum absolute atomic E-state index is 13.8. The Labute approximate surface area is 177 Å². The first kappa shape index (κ1) is 20.8. The average Bonchev–Trinajstić information content (AvgIpc) is 2.95. The van der Waals surface area contributed by atoms with Crippen molar-refractivity contribution >= 4 is 58.2 Å². The van der Waals surface area contributed by atoms with Crippen molar-refractivity contribution in [3.63, 3.8) is 0 Å². The Kier molecular flexibility index (Phi) is 6.33. The van der Waals surface area contributed by atoms with Gasteiger partial charge in [-0.3, -0.25) is 0 Å². The molecular formula is C19H20BrCl2FN2OSi. The lowest BCUT2D eigenvalue weighted by Gasteiger charge is -2.15. The van der Waals surface area contributed by atoms with E-state index in [4.69, 9.17) is 27.9 Å². The van der Waals surface area contributed by atoms with Crippen molar-refractivity contribution in [2.24, 2.45) is 0 Å². The first-order chi connectivity index (χ1) is 12.7. The molecule has 27 heavy (non-hydrogen) atoms. The summed E-state index contributed by atoms with van der Waals surface area (Å²) in [6, 6.07) is 5.36. The number of nitrogens with zero attached hydrogens (tertiary/aromatic N) is 2. The second-order valence-electron chi connectivity index (χ2n) is 7.60. The van der Waals surface area contributed by atoms with Gasteiger partial charge in [0.1, 0.15) is 18.2 Å². The monoisotopic (exact) mass is 488 g/mol. The molecule has 0 saturated carbocycles. The van der Waals surface area contributed by atoms with Crippen LogP contribution in [0, 0.1) is 5.82 Å². The van der Waals surface area contributed by atoms with Crippen molar-refractivity contribution in [2.75, 3.05) is 6.61 Å². The van der Waals surface area contributed by atoms with Crippen LogP contribution in [-0.2, 0) is 11.5 Å². The molecule has 144 valence electrons. The fourth-order valence-electron chi connectivity index (χ4n) is 2.74. The van der Waals surface area contributed by atoms with E-state index in [0.29, 0.717) is 44.5 Å². The Morgan fingerprint density at radius 3 is 2.67 bits per heavy atom. The molecule has 3 rings (SSSR count). The Morgan fingerprint density at radius 2 is 1.96 bits per heavy atom. The molecule has 8 heteroatoms. The molecule has 0 aliphatic carbocycles. The summed E-state index contributed by atoms with van der Waals surface area (Å²) in [5, 5.41) is 1.68. The molecule has 0 saturated heterocycles. The van der Waals surface area contributed by atoms with E-state index in [1.165, 1.54) is 12.1 Å². The molecule has 0 fully saturated rings. The molecule has 0 aliphatic rings. The maximum atomic E-state index is 13.8. The lowest BCUT2D eigenvalue weighted by atomic mass is 10.1. The van der Waals surface area contributed by atoms with Gasteiger partial charge in [0, 0.05) is 48.6 Å². The summed E-state index contributed by atoms with van der Waals surface area (Å²) in [6.07, 6.45) is 3.52. The lowest BCUT2D eigenvalue weighted by molar-refractivity contribution is 0.0899. The molecule has 0 amide bonds. The van der Waals surface area contributed by atoms with Crippen LogP contribution in [0.1, 0.15) is 0 Å². The molecule has 3 nitrogen and oxygen atoms in total. The van der Waals surface area contributed by atoms with Crippen LogP contribution in [0.25, 0.3) is 22.2 Å². The van der Waals surface area contributed by atoms with Crippen molar-refractivity contribution in [2.45, 2.75) is 32.4 Å². The van der Waals surface area contributed by atoms with E-state index >= 15 is 0 Å². The van der Waals surface area contributed by atoms with Gasteiger partial charge in [0.2, 0.25) is 0 Å². The third kappa shape index (κ3) is 4.74. The molecule has 1 aromatic carbocycles. The standard InChI is InChI=1S/C19H20BrCl2FN2OSi/c1-27(2,3)7-6-26-11-25-10-14(13-8-12(23)4-5-16(13)21)17-18(22)15(20)9-24-19(17)25/h4-5,8-10H,6-7,11H2,1-3H3. The van der Waals surface area contributed by atoms with Crippen molar-refractivity contribution in [3.05, 3.63) is 50.9 Å². The fraction of sp³-hybridized carbons (Fsp3) is 0.316. The zero-order valence-corrected chi connectivity index (χ0v) is 19.4. The van der Waals surface area contributed by atoms with Gasteiger partial charge < -0.3 is 9.30 Å². The van der Waals surface area contributed by atoms with E-state index in [0.717, 1.165) is 11.6 Å². The van der Waals surface area contributed by atoms with Gasteiger partial charge in [0.25, 0.3) is 0 Å². The number of ether oxygens (including phenoxy) is 1. The Bertz CT molecular complexity index is 988. The van der Waals surface area contributed by atoms with Gasteiger partial charge in [-0.2, -0.15) is 0 Å². The number of benzene rings is 1. The van der Waals surface area contributed by atoms with Crippen LogP contribution in [0.5, 0.6) is 0 Å². The molecule has 0 aliphatic heterocycles. The summed E-state index contributed by atoms with van der Waals surface area (Å²) >= 11 is 16.3. The molecule has 3 aromatic rings. The predicted octanol–water partition coefficient (Wildman–Crippen LogP) is 7.22. The van der Waals surface area contributed by atoms with Gasteiger partial charge >= 0.3 is 0 Å². The molecular weight excluding hydrogens is 470 g/mol. The molecule has 0 N–H and O–H groups in total. The SMILES string of the molecule is C[Si](C)(C)CCOCn1cc(-c2cc(F)ccc2Cl)c2c(Cl)c(Br)cnc21. The van der Waals surface area contributed by atoms with E-state index in [2.05, 4.69) is 40.6 Å². The maximum Gasteiger partial charge on any atom is 0.143 e. The lowest BCUT2D eigenvalue weighted by Crippen LogP contribution is -2.22. The van der Waals surface area contributed by atoms with Crippen LogP contribution in [0.2, 0.25) is 35.7 Å². The van der Waals surface area contributed by atoms with E-state index in [-0.39, 0.29) is 5.82 Å². The Morgan fingerprint density at radius 1 is 1.22 bits per heavy atom. The van der Waals surface area contributed by atoms with E-state index in [1.807, 2.05) is 10.8 Å². The molecule has 0 spiro atoms. The molecule has 2 aromatic heterocycles. The van der Waals surface area contributed by atoms with Crippen LogP contribution < -0.4 is 0 Å². The van der Waals surface area contributed by atoms with E-state index in [9.17, 15) is 4.39 Å². The minimum Gasteiger partial charge on any atom is -0.361 e. The smallest absolute Gasteiger partial charge is 0.143 e. The van der Waals surface area contributed by atoms with Gasteiger partial charge in [0.15, 0.2) is 0 Å². The first-order valence-electron chi connectivity index (χ1n) is 8.53. The summed E-state index contributed by atoms with van der Waals surface area (Å²) in [7, 11) is -1.16. The van der Waals surface area contributed by atoms with E-state index in [1.54, 1.807) is 12.3 Å². The van der Waals surface area contributed by atoms with Crippen molar-refractivity contribution in [1.82, 2.24) is 9.55 Å². The molecule has 0 bridgehead atoms. The normalized spacial score (nSPS) is 12.1. The van der Waals surface area contributed by atoms with Crippen molar-refractivity contribution in [3.8, 4) is 11.1 Å². The molecule has 0 unspecified atom stereocenters. The zero-order chi connectivity index (χ0) is 19.8. The fourth-order valence-corrected chi connectivity index (χ4v) is 4.25. The summed E-state index contributed by atoms with van der Waals surface area (Å²) in [4.78, 5) is 4.49. The van der Waals surface area contributed by atoms with Crippen LogP contribution >= 0.6 is 39.1 Å².